The molecule has 49 heavy (non-hydrogen) atoms. The molecular formula is C38H54BrN3O7. The van der Waals surface area contributed by atoms with Crippen molar-refractivity contribution in [2.24, 2.45) is 11.8 Å². The number of benzene rings is 1. The average Bonchev–Trinajstić information content (AvgIpc) is 3.66. The third kappa shape index (κ3) is 7.84. The van der Waals surface area contributed by atoms with E-state index >= 15 is 0 Å². The number of nitrogens with zero attached hydrogens (tertiary/aromatic N) is 3. The van der Waals surface area contributed by atoms with Crippen molar-refractivity contribution in [3.05, 3.63) is 61.2 Å². The van der Waals surface area contributed by atoms with Crippen molar-refractivity contribution in [2.75, 3.05) is 26.7 Å². The molecule has 270 valence electrons. The average molecular weight is 745 g/mol. The van der Waals surface area contributed by atoms with Gasteiger partial charge in [-0.3, -0.25) is 19.2 Å². The summed E-state index contributed by atoms with van der Waals surface area (Å²) in [7, 11) is 1.70. The van der Waals surface area contributed by atoms with E-state index in [9.17, 15) is 24.3 Å². The number of ether oxygens (including phenoxy) is 2. The molecule has 0 aliphatic carbocycles. The van der Waals surface area contributed by atoms with Crippen LogP contribution in [0, 0.1) is 11.8 Å². The highest BCUT2D eigenvalue weighted by Crippen LogP contribution is 2.60. The van der Waals surface area contributed by atoms with Gasteiger partial charge in [0.1, 0.15) is 17.7 Å². The summed E-state index contributed by atoms with van der Waals surface area (Å²) in [5, 5.41) is 9.26. The first kappa shape index (κ1) is 38.8. The number of fused-ring (bicyclic) bond motifs is 1. The van der Waals surface area contributed by atoms with E-state index in [1.807, 2.05) is 58.0 Å². The van der Waals surface area contributed by atoms with Gasteiger partial charge in [-0.2, -0.15) is 0 Å². The molecule has 0 aromatic heterocycles. The molecule has 3 saturated heterocycles. The number of amides is 3. The highest BCUT2D eigenvalue weighted by Gasteiger charge is 2.77. The normalized spacial score (nSPS) is 27.0. The van der Waals surface area contributed by atoms with Crippen molar-refractivity contribution < 1.29 is 33.8 Å². The lowest BCUT2D eigenvalue weighted by molar-refractivity contribution is -0.164. The fourth-order valence-corrected chi connectivity index (χ4v) is 8.70. The molecule has 3 fully saturated rings. The molecule has 1 aromatic rings. The lowest BCUT2D eigenvalue weighted by atomic mass is 9.70. The quantitative estimate of drug-likeness (QED) is 0.101. The van der Waals surface area contributed by atoms with Crippen molar-refractivity contribution in [2.45, 2.75) is 113 Å². The molecule has 3 amide bonds. The van der Waals surface area contributed by atoms with Gasteiger partial charge >= 0.3 is 5.97 Å². The van der Waals surface area contributed by atoms with E-state index < -0.39 is 53.2 Å². The molecule has 3 heterocycles. The number of allylic oxidation sites excluding steroid dienone is 1. The Balaban J connectivity index is 1.71. The molecule has 1 spiro atoms. The van der Waals surface area contributed by atoms with Crippen LogP contribution in [0.5, 0.6) is 0 Å². The van der Waals surface area contributed by atoms with Gasteiger partial charge in [-0.25, -0.2) is 0 Å². The van der Waals surface area contributed by atoms with Crippen LogP contribution in [0.4, 0.5) is 0 Å². The van der Waals surface area contributed by atoms with Crippen molar-refractivity contribution >= 4 is 39.6 Å². The molecule has 1 unspecified atom stereocenters. The number of likely N-dealkylation sites (tertiary alicyclic amines) is 1. The highest BCUT2D eigenvalue weighted by molar-refractivity contribution is 9.09. The first-order valence-corrected chi connectivity index (χ1v) is 18.4. The fraction of sp³-hybridized carbons (Fsp3) is 0.632. The number of rotatable bonds is 17. The lowest BCUT2D eigenvalue weighted by Gasteiger charge is -2.42. The summed E-state index contributed by atoms with van der Waals surface area (Å²) in [6, 6.07) is 7.85. The maximum Gasteiger partial charge on any atom is 0.313 e. The smallest absolute Gasteiger partial charge is 0.313 e. The maximum absolute atomic E-state index is 14.6. The molecule has 3 aliphatic heterocycles. The van der Waals surface area contributed by atoms with Crippen molar-refractivity contribution in [3.63, 3.8) is 0 Å². The number of alkyl halides is 1. The number of hydrogen-bond donors (Lipinski definition) is 1. The van der Waals surface area contributed by atoms with Crippen LogP contribution in [0.25, 0.3) is 0 Å². The zero-order valence-corrected chi connectivity index (χ0v) is 31.3. The molecular weight excluding hydrogens is 690 g/mol. The number of halogens is 1. The zero-order valence-electron chi connectivity index (χ0n) is 29.7. The van der Waals surface area contributed by atoms with Crippen LogP contribution in [0.2, 0.25) is 0 Å². The van der Waals surface area contributed by atoms with Gasteiger partial charge in [0, 0.05) is 43.5 Å². The van der Waals surface area contributed by atoms with E-state index in [0.29, 0.717) is 38.8 Å². The van der Waals surface area contributed by atoms with Gasteiger partial charge in [0.05, 0.1) is 24.0 Å². The Morgan fingerprint density at radius 1 is 1.14 bits per heavy atom. The molecule has 0 radical (unpaired) electrons. The number of hydrogen-bond acceptors (Lipinski definition) is 7. The summed E-state index contributed by atoms with van der Waals surface area (Å²) >= 11 is 3.76. The first-order valence-electron chi connectivity index (χ1n) is 17.5. The van der Waals surface area contributed by atoms with Crippen LogP contribution in [0.1, 0.15) is 84.3 Å². The predicted octanol–water partition coefficient (Wildman–Crippen LogP) is 5.20. The van der Waals surface area contributed by atoms with Gasteiger partial charge in [-0.05, 0) is 58.9 Å². The Kier molecular flexibility index (Phi) is 12.9. The zero-order chi connectivity index (χ0) is 36.1. The van der Waals surface area contributed by atoms with Crippen molar-refractivity contribution in [1.82, 2.24) is 14.7 Å². The second-order valence-corrected chi connectivity index (χ2v) is 15.8. The Labute approximate surface area is 300 Å². The molecule has 11 heteroatoms. The Bertz CT molecular complexity index is 1370. The molecule has 3 aliphatic rings. The van der Waals surface area contributed by atoms with Gasteiger partial charge in [-0.15, -0.1) is 13.2 Å². The Hall–Kier alpha value is -3.02. The van der Waals surface area contributed by atoms with E-state index in [-0.39, 0.29) is 35.6 Å². The number of likely N-dealkylation sites (N-methyl/N-ethyl adjacent to an activating group) is 1. The van der Waals surface area contributed by atoms with Crippen LogP contribution in [0.15, 0.2) is 55.6 Å². The molecule has 2 bridgehead atoms. The van der Waals surface area contributed by atoms with Crippen LogP contribution >= 0.6 is 15.9 Å². The molecule has 1 aromatic carbocycles. The monoisotopic (exact) mass is 743 g/mol. The second kappa shape index (κ2) is 16.3. The minimum Gasteiger partial charge on any atom is -0.455 e. The van der Waals surface area contributed by atoms with E-state index in [4.69, 9.17) is 9.47 Å². The highest BCUT2D eigenvalue weighted by atomic mass is 79.9. The summed E-state index contributed by atoms with van der Waals surface area (Å²) in [6.45, 7) is 16.0. The first-order chi connectivity index (χ1) is 23.2. The number of carbonyl (C=O) groups is 4. The summed E-state index contributed by atoms with van der Waals surface area (Å²) in [5.74, 6) is -3.06. The second-order valence-electron chi connectivity index (χ2n) is 14.6. The minimum absolute atomic E-state index is 0.100. The number of unbranched alkanes of at least 4 members (excludes halogenated alkanes) is 3. The molecule has 1 N–H and O–H groups in total. The Morgan fingerprint density at radius 3 is 2.43 bits per heavy atom. The largest absolute Gasteiger partial charge is 0.455 e. The standard InChI is InChI=1S/C38H54BrN3O7/c1-8-10-20-28(44)40(7)25(3)31(26-18-14-13-15-19-26)48-36(47)29-30-34(45)41(22-16-11-12-17-23-43)33(38(30)24-27(39)32(29)49-38)35(46)42(21-9-2)37(4,5)6/h8-9,13-15,18-19,25,27,29-33,43H,1-2,10-12,16-17,20-24H2,3-7H3/t25-,27?,29-,30+,31+,32-,33-,38+/m1/s1. The topological polar surface area (TPSA) is 117 Å². The van der Waals surface area contributed by atoms with Crippen LogP contribution < -0.4 is 0 Å². The van der Waals surface area contributed by atoms with Gasteiger partial charge in [0.15, 0.2) is 0 Å². The summed E-state index contributed by atoms with van der Waals surface area (Å²) in [6.07, 6.45) is 5.99. The third-order valence-corrected chi connectivity index (χ3v) is 11.2. The van der Waals surface area contributed by atoms with E-state index in [1.165, 1.54) is 0 Å². The summed E-state index contributed by atoms with van der Waals surface area (Å²) in [4.78, 5) is 61.4. The number of esters is 1. The molecule has 10 nitrogen and oxygen atoms in total. The summed E-state index contributed by atoms with van der Waals surface area (Å²) in [5.41, 5.74) is -1.06. The number of carbonyl (C=O) groups excluding carboxylic acids is 4. The lowest BCUT2D eigenvalue weighted by Crippen LogP contribution is -2.60. The summed E-state index contributed by atoms with van der Waals surface area (Å²) < 4.78 is 13.1. The predicted molar refractivity (Wildman–Crippen MR) is 192 cm³/mol. The van der Waals surface area contributed by atoms with Crippen LogP contribution in [0.3, 0.4) is 0 Å². The van der Waals surface area contributed by atoms with E-state index in [0.717, 1.165) is 18.4 Å². The number of aliphatic hydroxyl groups excluding tert-OH is 1. The molecule has 4 rings (SSSR count). The Morgan fingerprint density at radius 2 is 1.82 bits per heavy atom. The van der Waals surface area contributed by atoms with Gasteiger partial charge in [0.25, 0.3) is 0 Å². The van der Waals surface area contributed by atoms with E-state index in [2.05, 4.69) is 29.1 Å². The SMILES string of the molecule is C=CCCC(=O)N(C)[C@H](C)[C@H](OC(=O)[C@H]1[C@@H]2O[C@@]3(CC2Br)[C@@H]1C(=O)N(CCCCCCO)[C@@H]3C(=O)N(CC=C)C(C)(C)C)c1ccccc1. The fourth-order valence-electron chi connectivity index (χ4n) is 7.76. The maximum atomic E-state index is 14.6. The van der Waals surface area contributed by atoms with E-state index in [1.54, 1.807) is 33.9 Å². The minimum atomic E-state index is -1.22. The third-order valence-electron chi connectivity index (χ3n) is 10.4. The molecule has 8 atom stereocenters. The van der Waals surface area contributed by atoms with Crippen LogP contribution in [-0.4, -0.2) is 104 Å². The van der Waals surface area contributed by atoms with Crippen molar-refractivity contribution in [3.8, 4) is 0 Å². The van der Waals surface area contributed by atoms with Crippen molar-refractivity contribution in [1.29, 1.82) is 0 Å². The van der Waals surface area contributed by atoms with Gasteiger partial charge in [-0.1, -0.05) is 71.3 Å². The molecule has 0 saturated carbocycles. The number of aliphatic hydroxyl groups is 1. The van der Waals surface area contributed by atoms with Crippen LogP contribution in [-0.2, 0) is 28.7 Å². The van der Waals surface area contributed by atoms with Gasteiger partial charge in [0.2, 0.25) is 17.7 Å². The van der Waals surface area contributed by atoms with Gasteiger partial charge < -0.3 is 29.3 Å².